The average molecular weight is 377 g/mol. The highest BCUT2D eigenvalue weighted by molar-refractivity contribution is 6.00. The second-order valence-electron chi connectivity index (χ2n) is 8.09. The molecule has 3 aliphatic rings. The SMILES string of the molecule is COc1cccc(CNC(=O)[C@@H]2[C@@H]3CC[C@@]4(CC(=O)c5ccccc5O4)[C@H]32)c1. The lowest BCUT2D eigenvalue weighted by Crippen LogP contribution is -2.44. The Bertz CT molecular complexity index is 955. The number of fused-ring (bicyclic) bond motifs is 3. The van der Waals surface area contributed by atoms with E-state index in [2.05, 4.69) is 5.32 Å². The molecule has 2 aromatic rings. The molecule has 2 fully saturated rings. The molecule has 2 aliphatic carbocycles. The van der Waals surface area contributed by atoms with Crippen LogP contribution in [-0.4, -0.2) is 24.4 Å². The fourth-order valence-electron chi connectivity index (χ4n) is 5.21. The van der Waals surface area contributed by atoms with Crippen molar-refractivity contribution >= 4 is 11.7 Å². The molecule has 5 nitrogen and oxygen atoms in total. The van der Waals surface area contributed by atoms with Crippen LogP contribution in [0.4, 0.5) is 0 Å². The first kappa shape index (κ1) is 17.3. The van der Waals surface area contributed by atoms with Crippen molar-refractivity contribution in [3.63, 3.8) is 0 Å². The average Bonchev–Trinajstić information content (AvgIpc) is 3.37. The van der Waals surface area contributed by atoms with Crippen molar-refractivity contribution < 1.29 is 19.1 Å². The molecule has 1 spiro atoms. The highest BCUT2D eigenvalue weighted by atomic mass is 16.5. The molecule has 1 heterocycles. The van der Waals surface area contributed by atoms with Crippen molar-refractivity contribution in [1.82, 2.24) is 5.32 Å². The van der Waals surface area contributed by atoms with Gasteiger partial charge in [-0.2, -0.15) is 0 Å². The van der Waals surface area contributed by atoms with Crippen LogP contribution in [0.5, 0.6) is 11.5 Å². The molecule has 144 valence electrons. The molecule has 0 unspecified atom stereocenters. The summed E-state index contributed by atoms with van der Waals surface area (Å²) in [6.07, 6.45) is 2.17. The first-order valence-electron chi connectivity index (χ1n) is 9.83. The number of ether oxygens (including phenoxy) is 2. The third kappa shape index (κ3) is 2.68. The Hall–Kier alpha value is -2.82. The second-order valence-corrected chi connectivity index (χ2v) is 8.09. The van der Waals surface area contributed by atoms with Crippen LogP contribution in [0.2, 0.25) is 0 Å². The largest absolute Gasteiger partial charge is 0.497 e. The third-order valence-corrected chi connectivity index (χ3v) is 6.54. The first-order valence-corrected chi connectivity index (χ1v) is 9.83. The Balaban J connectivity index is 1.28. The van der Waals surface area contributed by atoms with E-state index in [0.29, 0.717) is 30.2 Å². The van der Waals surface area contributed by atoms with Crippen molar-refractivity contribution in [2.24, 2.45) is 17.8 Å². The minimum atomic E-state index is -0.506. The van der Waals surface area contributed by atoms with Gasteiger partial charge in [-0.05, 0) is 48.6 Å². The van der Waals surface area contributed by atoms with Gasteiger partial charge in [-0.25, -0.2) is 0 Å². The van der Waals surface area contributed by atoms with Crippen molar-refractivity contribution in [2.75, 3.05) is 7.11 Å². The van der Waals surface area contributed by atoms with E-state index in [9.17, 15) is 9.59 Å². The van der Waals surface area contributed by atoms with Gasteiger partial charge in [0.25, 0.3) is 0 Å². The molecule has 28 heavy (non-hydrogen) atoms. The molecule has 4 atom stereocenters. The molecular formula is C23H23NO4. The lowest BCUT2D eigenvalue weighted by atomic mass is 9.84. The van der Waals surface area contributed by atoms with Gasteiger partial charge in [0.2, 0.25) is 5.91 Å². The number of amides is 1. The zero-order valence-electron chi connectivity index (χ0n) is 15.8. The number of carbonyl (C=O) groups is 2. The van der Waals surface area contributed by atoms with Gasteiger partial charge in [0, 0.05) is 18.4 Å². The number of hydrogen-bond donors (Lipinski definition) is 1. The van der Waals surface area contributed by atoms with Gasteiger partial charge in [-0.3, -0.25) is 9.59 Å². The molecule has 5 rings (SSSR count). The normalized spacial score (nSPS) is 29.6. The minimum absolute atomic E-state index is 0.0579. The summed E-state index contributed by atoms with van der Waals surface area (Å²) in [5, 5.41) is 3.06. The number of nitrogens with one attached hydrogen (secondary N) is 1. The van der Waals surface area contributed by atoms with Gasteiger partial charge < -0.3 is 14.8 Å². The van der Waals surface area contributed by atoms with Crippen molar-refractivity contribution in [3.8, 4) is 11.5 Å². The first-order chi connectivity index (χ1) is 13.6. The predicted octanol–water partition coefficient (Wildman–Crippen LogP) is 3.37. The molecule has 1 amide bonds. The molecular weight excluding hydrogens is 354 g/mol. The maximum atomic E-state index is 12.8. The van der Waals surface area contributed by atoms with Crippen LogP contribution < -0.4 is 14.8 Å². The fourth-order valence-corrected chi connectivity index (χ4v) is 5.21. The minimum Gasteiger partial charge on any atom is -0.497 e. The summed E-state index contributed by atoms with van der Waals surface area (Å²) in [5.74, 6) is 2.04. The van der Waals surface area contributed by atoms with Crippen LogP contribution in [0.1, 0.15) is 35.2 Å². The summed E-state index contributed by atoms with van der Waals surface area (Å²) < 4.78 is 11.6. The number of rotatable bonds is 4. The number of hydrogen-bond acceptors (Lipinski definition) is 4. The summed E-state index contributed by atoms with van der Waals surface area (Å²) in [4.78, 5) is 25.5. The van der Waals surface area contributed by atoms with Gasteiger partial charge in [0.1, 0.15) is 17.1 Å². The van der Waals surface area contributed by atoms with E-state index in [1.165, 1.54) is 0 Å². The summed E-state index contributed by atoms with van der Waals surface area (Å²) in [5.41, 5.74) is 1.16. The summed E-state index contributed by atoms with van der Waals surface area (Å²) in [6.45, 7) is 0.474. The maximum absolute atomic E-state index is 12.8. The van der Waals surface area contributed by atoms with Gasteiger partial charge in [-0.15, -0.1) is 0 Å². The topological polar surface area (TPSA) is 64.6 Å². The summed E-state index contributed by atoms with van der Waals surface area (Å²) in [6, 6.07) is 15.1. The van der Waals surface area contributed by atoms with Crippen molar-refractivity contribution in [1.29, 1.82) is 0 Å². The van der Waals surface area contributed by atoms with Crippen molar-refractivity contribution in [3.05, 3.63) is 59.7 Å². The Labute approximate surface area is 164 Å². The van der Waals surface area contributed by atoms with E-state index in [-0.39, 0.29) is 23.5 Å². The molecule has 0 saturated heterocycles. The maximum Gasteiger partial charge on any atom is 0.224 e. The predicted molar refractivity (Wildman–Crippen MR) is 103 cm³/mol. The molecule has 0 bridgehead atoms. The standard InChI is InChI=1S/C23H23NO4/c1-27-15-6-4-5-14(11-15)13-24-22(26)20-17-9-10-23(21(17)20)12-18(25)16-7-2-3-8-19(16)28-23/h2-8,11,17,20-21H,9-10,12-13H2,1H3,(H,24,26)/t17-,20+,21+,23+/m0/s1. The number of methoxy groups -OCH3 is 1. The van der Waals surface area contributed by atoms with E-state index >= 15 is 0 Å². The van der Waals surface area contributed by atoms with Crippen LogP contribution >= 0.6 is 0 Å². The number of ketones is 1. The Morgan fingerprint density at radius 2 is 2.11 bits per heavy atom. The number of benzene rings is 2. The fraction of sp³-hybridized carbons (Fsp3) is 0.391. The molecule has 2 saturated carbocycles. The van der Waals surface area contributed by atoms with E-state index in [0.717, 1.165) is 24.2 Å². The number of carbonyl (C=O) groups excluding carboxylic acids is 2. The molecule has 0 radical (unpaired) electrons. The van der Waals surface area contributed by atoms with Gasteiger partial charge >= 0.3 is 0 Å². The summed E-state index contributed by atoms with van der Waals surface area (Å²) in [7, 11) is 1.63. The monoisotopic (exact) mass is 377 g/mol. The molecule has 0 aromatic heterocycles. The van der Waals surface area contributed by atoms with Crippen LogP contribution in [0.3, 0.4) is 0 Å². The Morgan fingerprint density at radius 3 is 2.96 bits per heavy atom. The van der Waals surface area contributed by atoms with Crippen LogP contribution in [0.15, 0.2) is 48.5 Å². The second kappa shape index (κ2) is 6.36. The van der Waals surface area contributed by atoms with Crippen LogP contribution in [-0.2, 0) is 11.3 Å². The highest BCUT2D eigenvalue weighted by Crippen LogP contribution is 2.65. The van der Waals surface area contributed by atoms with Crippen molar-refractivity contribution in [2.45, 2.75) is 31.4 Å². The lowest BCUT2D eigenvalue weighted by molar-refractivity contribution is -0.124. The number of Topliss-reactive ketones (excluding diaryl/α,β-unsaturated/α-hetero) is 1. The Kier molecular flexibility index (Phi) is 3.93. The lowest BCUT2D eigenvalue weighted by Gasteiger charge is -2.37. The van der Waals surface area contributed by atoms with E-state index in [1.807, 2.05) is 48.5 Å². The quantitative estimate of drug-likeness (QED) is 0.887. The summed E-state index contributed by atoms with van der Waals surface area (Å²) >= 11 is 0. The van der Waals surface area contributed by atoms with E-state index in [4.69, 9.17) is 9.47 Å². The molecule has 1 aliphatic heterocycles. The molecule has 1 N–H and O–H groups in total. The molecule has 2 aromatic carbocycles. The van der Waals surface area contributed by atoms with E-state index < -0.39 is 5.60 Å². The molecule has 5 heteroatoms. The zero-order valence-corrected chi connectivity index (χ0v) is 15.8. The third-order valence-electron chi connectivity index (χ3n) is 6.54. The van der Waals surface area contributed by atoms with E-state index in [1.54, 1.807) is 7.11 Å². The number of para-hydroxylation sites is 1. The van der Waals surface area contributed by atoms with Crippen LogP contribution in [0.25, 0.3) is 0 Å². The smallest absolute Gasteiger partial charge is 0.224 e. The van der Waals surface area contributed by atoms with Gasteiger partial charge in [0.15, 0.2) is 5.78 Å². The zero-order chi connectivity index (χ0) is 19.3. The van der Waals surface area contributed by atoms with Crippen LogP contribution in [0, 0.1) is 17.8 Å². The Morgan fingerprint density at radius 1 is 1.25 bits per heavy atom. The van der Waals surface area contributed by atoms with Gasteiger partial charge in [-0.1, -0.05) is 24.3 Å². The highest BCUT2D eigenvalue weighted by Gasteiger charge is 2.70. The van der Waals surface area contributed by atoms with Gasteiger partial charge in [0.05, 0.1) is 19.1 Å².